The highest BCUT2D eigenvalue weighted by Gasteiger charge is 1.99. The van der Waals surface area contributed by atoms with Crippen LogP contribution in [0.15, 0.2) is 30.9 Å². The highest BCUT2D eigenvalue weighted by Crippen LogP contribution is 2.20. The first-order valence-electron chi connectivity index (χ1n) is 3.60. The van der Waals surface area contributed by atoms with Crippen LogP contribution in [0.1, 0.15) is 11.1 Å². The molecule has 0 saturated carbocycles. The zero-order valence-electron chi connectivity index (χ0n) is 6.60. The number of hydrogen-bond acceptors (Lipinski definition) is 0. The highest BCUT2D eigenvalue weighted by atomic mass is 35.5. The second kappa shape index (κ2) is 3.59. The summed E-state index contributed by atoms with van der Waals surface area (Å²) in [5, 5.41) is 0.868. The molecule has 1 heteroatoms. The number of halogens is 1. The van der Waals surface area contributed by atoms with Crippen molar-refractivity contribution in [2.75, 3.05) is 0 Å². The number of aryl methyl sites for hydroxylation is 1. The minimum Gasteiger partial charge on any atom is -0.103 e. The van der Waals surface area contributed by atoms with Gasteiger partial charge in [0.2, 0.25) is 0 Å². The topological polar surface area (TPSA) is 0 Å². The maximum absolute atomic E-state index is 6.02. The Hall–Kier alpha value is -0.750. The molecule has 0 aliphatic heterocycles. The molecule has 0 unspecified atom stereocenters. The van der Waals surface area contributed by atoms with Gasteiger partial charge < -0.3 is 0 Å². The molecule has 0 aliphatic carbocycles. The molecule has 0 aromatic heterocycles. The molecule has 0 fully saturated rings. The molecule has 0 spiro atoms. The van der Waals surface area contributed by atoms with Gasteiger partial charge in [-0.2, -0.15) is 0 Å². The maximum atomic E-state index is 6.02. The minimum absolute atomic E-state index is 0.848. The van der Waals surface area contributed by atoms with Crippen LogP contribution in [0.2, 0.25) is 5.02 Å². The van der Waals surface area contributed by atoms with E-state index >= 15 is 0 Å². The van der Waals surface area contributed by atoms with Crippen molar-refractivity contribution in [1.82, 2.24) is 0 Å². The van der Waals surface area contributed by atoms with Crippen molar-refractivity contribution in [3.8, 4) is 0 Å². The van der Waals surface area contributed by atoms with E-state index in [1.165, 1.54) is 0 Å². The first kappa shape index (κ1) is 8.35. The second-order valence-corrected chi connectivity index (χ2v) is 2.92. The fraction of sp³-hybridized carbons (Fsp3) is 0.200. The number of benzene rings is 1. The third-order valence-corrected chi connectivity index (χ3v) is 2.18. The Balaban J connectivity index is 3.05. The fourth-order valence-electron chi connectivity index (χ4n) is 1.02. The largest absolute Gasteiger partial charge is 0.103 e. The van der Waals surface area contributed by atoms with E-state index < -0.39 is 0 Å². The molecule has 0 bridgehead atoms. The zero-order chi connectivity index (χ0) is 8.27. The molecule has 0 N–H and O–H groups in total. The molecular formula is C10H11Cl. The van der Waals surface area contributed by atoms with E-state index in [-0.39, 0.29) is 0 Å². The van der Waals surface area contributed by atoms with Crippen LogP contribution in [-0.4, -0.2) is 0 Å². The average Bonchev–Trinajstić information content (AvgIpc) is 1.99. The SMILES string of the molecule is C=CCc1cccc(C)c1Cl. The maximum Gasteiger partial charge on any atom is 0.0470 e. The third kappa shape index (κ3) is 1.84. The highest BCUT2D eigenvalue weighted by molar-refractivity contribution is 6.32. The van der Waals surface area contributed by atoms with Gasteiger partial charge in [-0.05, 0) is 24.5 Å². The van der Waals surface area contributed by atoms with Gasteiger partial charge in [0.15, 0.2) is 0 Å². The standard InChI is InChI=1S/C10H11Cl/c1-3-5-9-7-4-6-8(2)10(9)11/h3-4,6-7H,1,5H2,2H3. The van der Waals surface area contributed by atoms with Gasteiger partial charge in [0.25, 0.3) is 0 Å². The first-order chi connectivity index (χ1) is 5.25. The van der Waals surface area contributed by atoms with Gasteiger partial charge in [-0.3, -0.25) is 0 Å². The number of hydrogen-bond donors (Lipinski definition) is 0. The van der Waals surface area contributed by atoms with E-state index in [2.05, 4.69) is 6.58 Å². The van der Waals surface area contributed by atoms with Crippen molar-refractivity contribution in [3.63, 3.8) is 0 Å². The number of allylic oxidation sites excluding steroid dienone is 1. The van der Waals surface area contributed by atoms with Crippen LogP contribution < -0.4 is 0 Å². The van der Waals surface area contributed by atoms with E-state index in [0.29, 0.717) is 0 Å². The molecular weight excluding hydrogens is 156 g/mol. The summed E-state index contributed by atoms with van der Waals surface area (Å²) in [4.78, 5) is 0. The molecule has 0 heterocycles. The predicted molar refractivity (Wildman–Crippen MR) is 50.1 cm³/mol. The Morgan fingerprint density at radius 2 is 2.27 bits per heavy atom. The van der Waals surface area contributed by atoms with Gasteiger partial charge in [-0.1, -0.05) is 35.9 Å². The molecule has 0 nitrogen and oxygen atoms in total. The van der Waals surface area contributed by atoms with Crippen LogP contribution in [-0.2, 0) is 6.42 Å². The Bertz CT molecular complexity index is 264. The van der Waals surface area contributed by atoms with Crippen LogP contribution in [0.4, 0.5) is 0 Å². The van der Waals surface area contributed by atoms with E-state index in [0.717, 1.165) is 22.6 Å². The van der Waals surface area contributed by atoms with Crippen molar-refractivity contribution >= 4 is 11.6 Å². The van der Waals surface area contributed by atoms with Gasteiger partial charge in [0.1, 0.15) is 0 Å². The van der Waals surface area contributed by atoms with Gasteiger partial charge >= 0.3 is 0 Å². The summed E-state index contributed by atoms with van der Waals surface area (Å²) >= 11 is 6.02. The quantitative estimate of drug-likeness (QED) is 0.591. The van der Waals surface area contributed by atoms with Crippen molar-refractivity contribution in [2.45, 2.75) is 13.3 Å². The van der Waals surface area contributed by atoms with Crippen molar-refractivity contribution in [3.05, 3.63) is 47.0 Å². The molecule has 0 saturated heterocycles. The lowest BCUT2D eigenvalue weighted by molar-refractivity contribution is 1.25. The van der Waals surface area contributed by atoms with Crippen molar-refractivity contribution < 1.29 is 0 Å². The first-order valence-corrected chi connectivity index (χ1v) is 3.98. The Labute approximate surface area is 72.5 Å². The molecule has 1 rings (SSSR count). The summed E-state index contributed by atoms with van der Waals surface area (Å²) in [6.07, 6.45) is 2.71. The fourth-order valence-corrected chi connectivity index (χ4v) is 1.22. The summed E-state index contributed by atoms with van der Waals surface area (Å²) in [7, 11) is 0. The van der Waals surface area contributed by atoms with E-state index in [4.69, 9.17) is 11.6 Å². The summed E-state index contributed by atoms with van der Waals surface area (Å²) in [6, 6.07) is 6.05. The van der Waals surface area contributed by atoms with Gasteiger partial charge in [0.05, 0.1) is 0 Å². The summed E-state index contributed by atoms with van der Waals surface area (Å²) < 4.78 is 0. The summed E-state index contributed by atoms with van der Waals surface area (Å²) in [5.41, 5.74) is 2.28. The predicted octanol–water partition coefficient (Wildman–Crippen LogP) is 3.38. The third-order valence-electron chi connectivity index (χ3n) is 1.64. The monoisotopic (exact) mass is 166 g/mol. The number of rotatable bonds is 2. The zero-order valence-corrected chi connectivity index (χ0v) is 7.36. The van der Waals surface area contributed by atoms with E-state index in [9.17, 15) is 0 Å². The van der Waals surface area contributed by atoms with Crippen molar-refractivity contribution in [1.29, 1.82) is 0 Å². The normalized spacial score (nSPS) is 9.64. The van der Waals surface area contributed by atoms with Crippen LogP contribution in [0, 0.1) is 6.92 Å². The molecule has 1 aromatic carbocycles. The lowest BCUT2D eigenvalue weighted by atomic mass is 10.1. The Morgan fingerprint density at radius 3 is 2.91 bits per heavy atom. The summed E-state index contributed by atoms with van der Waals surface area (Å²) in [5.74, 6) is 0. The molecule has 1 aromatic rings. The van der Waals surface area contributed by atoms with Gasteiger partial charge in [-0.15, -0.1) is 6.58 Å². The van der Waals surface area contributed by atoms with Crippen LogP contribution in [0.3, 0.4) is 0 Å². The van der Waals surface area contributed by atoms with E-state index in [1.807, 2.05) is 31.2 Å². The lowest BCUT2D eigenvalue weighted by Crippen LogP contribution is -1.84. The molecule has 58 valence electrons. The van der Waals surface area contributed by atoms with Crippen LogP contribution in [0.25, 0.3) is 0 Å². The van der Waals surface area contributed by atoms with Crippen LogP contribution in [0.5, 0.6) is 0 Å². The van der Waals surface area contributed by atoms with Crippen molar-refractivity contribution in [2.24, 2.45) is 0 Å². The minimum atomic E-state index is 0.848. The molecule has 0 radical (unpaired) electrons. The average molecular weight is 167 g/mol. The van der Waals surface area contributed by atoms with E-state index in [1.54, 1.807) is 0 Å². The molecule has 0 atom stereocenters. The second-order valence-electron chi connectivity index (χ2n) is 2.54. The Kier molecular flexibility index (Phi) is 2.72. The molecule has 0 amide bonds. The Morgan fingerprint density at radius 1 is 1.55 bits per heavy atom. The lowest BCUT2D eigenvalue weighted by Gasteiger charge is -2.02. The van der Waals surface area contributed by atoms with Crippen LogP contribution >= 0.6 is 11.6 Å². The molecule has 11 heavy (non-hydrogen) atoms. The summed E-state index contributed by atoms with van der Waals surface area (Å²) in [6.45, 7) is 5.68. The van der Waals surface area contributed by atoms with Gasteiger partial charge in [0, 0.05) is 5.02 Å². The molecule has 0 aliphatic rings. The smallest absolute Gasteiger partial charge is 0.0470 e. The van der Waals surface area contributed by atoms with Gasteiger partial charge in [-0.25, -0.2) is 0 Å².